The second-order valence-corrected chi connectivity index (χ2v) is 6.31. The molecule has 0 atom stereocenters. The number of benzene rings is 1. The Labute approximate surface area is 117 Å². The van der Waals surface area contributed by atoms with Crippen LogP contribution >= 0.6 is 0 Å². The summed E-state index contributed by atoms with van der Waals surface area (Å²) in [5.74, 6) is -1.16. The summed E-state index contributed by atoms with van der Waals surface area (Å²) in [4.78, 5) is 10.9. The van der Waals surface area contributed by atoms with E-state index in [1.54, 1.807) is 0 Å². The number of carbonyl (C=O) groups is 1. The van der Waals surface area contributed by atoms with Crippen LogP contribution in [0.15, 0.2) is 35.7 Å². The molecule has 20 heavy (non-hydrogen) atoms. The topological polar surface area (TPSA) is 95.5 Å². The van der Waals surface area contributed by atoms with Crippen LogP contribution in [0.3, 0.4) is 0 Å². The van der Waals surface area contributed by atoms with E-state index < -0.39 is 16.0 Å². The van der Waals surface area contributed by atoms with Gasteiger partial charge in [0.05, 0.1) is 11.3 Å². The van der Waals surface area contributed by atoms with Crippen LogP contribution in [0.4, 0.5) is 5.69 Å². The van der Waals surface area contributed by atoms with Crippen LogP contribution in [-0.2, 0) is 10.0 Å². The van der Waals surface area contributed by atoms with Gasteiger partial charge < -0.3 is 10.4 Å². The summed E-state index contributed by atoms with van der Waals surface area (Å²) in [6, 6.07) is 4.31. The average Bonchev–Trinajstić information content (AvgIpc) is 3.20. The van der Waals surface area contributed by atoms with E-state index in [1.165, 1.54) is 24.3 Å². The van der Waals surface area contributed by atoms with Crippen molar-refractivity contribution in [2.24, 2.45) is 0 Å². The lowest BCUT2D eigenvalue weighted by Gasteiger charge is -2.13. The fraction of sp³-hybridized carbons (Fsp3) is 0.308. The largest absolute Gasteiger partial charge is 0.478 e. The maximum Gasteiger partial charge on any atom is 0.335 e. The molecule has 1 aliphatic carbocycles. The zero-order valence-electron chi connectivity index (χ0n) is 10.8. The van der Waals surface area contributed by atoms with Gasteiger partial charge >= 0.3 is 5.97 Å². The summed E-state index contributed by atoms with van der Waals surface area (Å²) in [5.41, 5.74) is 0.361. The summed E-state index contributed by atoms with van der Waals surface area (Å²) in [6.07, 6.45) is 3.40. The lowest BCUT2D eigenvalue weighted by molar-refractivity contribution is 0.0696. The molecular weight excluding hydrogens is 280 g/mol. The van der Waals surface area contributed by atoms with Crippen molar-refractivity contribution in [3.05, 3.63) is 36.4 Å². The Hall–Kier alpha value is -1.86. The van der Waals surface area contributed by atoms with Crippen molar-refractivity contribution in [3.8, 4) is 0 Å². The second kappa shape index (κ2) is 5.64. The third-order valence-electron chi connectivity index (χ3n) is 2.87. The standard InChI is InChI=1S/C13H16N2O4S/c1-2-7-14-20(18,19)12-8-9(13(16)17)3-6-11(12)15-10-4-5-10/h2-3,6,8,10,14-15H,1,4-5,7H2,(H,16,17). The lowest BCUT2D eigenvalue weighted by Crippen LogP contribution is -2.25. The fourth-order valence-corrected chi connectivity index (χ4v) is 2.88. The van der Waals surface area contributed by atoms with E-state index in [0.717, 1.165) is 12.8 Å². The van der Waals surface area contributed by atoms with Crippen LogP contribution in [0.1, 0.15) is 23.2 Å². The van der Waals surface area contributed by atoms with Crippen molar-refractivity contribution in [2.75, 3.05) is 11.9 Å². The molecule has 1 fully saturated rings. The van der Waals surface area contributed by atoms with Crippen LogP contribution in [0, 0.1) is 0 Å². The van der Waals surface area contributed by atoms with Crippen molar-refractivity contribution in [1.29, 1.82) is 0 Å². The van der Waals surface area contributed by atoms with Gasteiger partial charge in [-0.2, -0.15) is 0 Å². The SMILES string of the molecule is C=CCNS(=O)(=O)c1cc(C(=O)O)ccc1NC1CC1. The van der Waals surface area contributed by atoms with E-state index in [1.807, 2.05) is 0 Å². The number of nitrogens with one attached hydrogen (secondary N) is 2. The minimum Gasteiger partial charge on any atom is -0.478 e. The van der Waals surface area contributed by atoms with Crippen molar-refractivity contribution < 1.29 is 18.3 Å². The maximum atomic E-state index is 12.2. The normalized spacial score (nSPS) is 14.8. The molecule has 1 aromatic rings. The van der Waals surface area contributed by atoms with Gasteiger partial charge in [0, 0.05) is 12.6 Å². The Bertz CT molecular complexity index is 636. The first-order valence-electron chi connectivity index (χ1n) is 6.18. The summed E-state index contributed by atoms with van der Waals surface area (Å²) in [6.45, 7) is 3.53. The molecule has 108 valence electrons. The molecule has 0 radical (unpaired) electrons. The first-order valence-corrected chi connectivity index (χ1v) is 7.67. The minimum absolute atomic E-state index is 0.0499. The van der Waals surface area contributed by atoms with E-state index >= 15 is 0 Å². The van der Waals surface area contributed by atoms with Crippen molar-refractivity contribution >= 4 is 21.7 Å². The molecule has 3 N–H and O–H groups in total. The molecule has 0 aliphatic heterocycles. The van der Waals surface area contributed by atoms with Gasteiger partial charge in [0.15, 0.2) is 0 Å². The highest BCUT2D eigenvalue weighted by Gasteiger charge is 2.26. The third-order valence-corrected chi connectivity index (χ3v) is 4.34. The smallest absolute Gasteiger partial charge is 0.335 e. The molecule has 0 saturated heterocycles. The van der Waals surface area contributed by atoms with Crippen LogP contribution in [-0.4, -0.2) is 32.1 Å². The zero-order valence-corrected chi connectivity index (χ0v) is 11.6. The third kappa shape index (κ3) is 3.37. The van der Waals surface area contributed by atoms with Gasteiger partial charge in [-0.3, -0.25) is 0 Å². The van der Waals surface area contributed by atoms with E-state index in [-0.39, 0.29) is 23.0 Å². The predicted molar refractivity (Wildman–Crippen MR) is 75.4 cm³/mol. The number of hydrogen-bond donors (Lipinski definition) is 3. The number of hydrogen-bond acceptors (Lipinski definition) is 4. The Morgan fingerprint density at radius 1 is 1.45 bits per heavy atom. The highest BCUT2D eigenvalue weighted by molar-refractivity contribution is 7.89. The van der Waals surface area contributed by atoms with Crippen molar-refractivity contribution in [2.45, 2.75) is 23.8 Å². The monoisotopic (exact) mass is 296 g/mol. The molecule has 6 nitrogen and oxygen atoms in total. The van der Waals surface area contributed by atoms with Crippen molar-refractivity contribution in [3.63, 3.8) is 0 Å². The number of carboxylic acid groups (broad SMARTS) is 1. The highest BCUT2D eigenvalue weighted by Crippen LogP contribution is 2.29. The molecular formula is C13H16N2O4S. The van der Waals surface area contributed by atoms with Crippen LogP contribution in [0.2, 0.25) is 0 Å². The number of anilines is 1. The van der Waals surface area contributed by atoms with Gasteiger partial charge in [-0.05, 0) is 31.0 Å². The summed E-state index contributed by atoms with van der Waals surface area (Å²) >= 11 is 0. The fourth-order valence-electron chi connectivity index (χ4n) is 1.69. The lowest BCUT2D eigenvalue weighted by atomic mass is 10.2. The zero-order chi connectivity index (χ0) is 14.8. The summed E-state index contributed by atoms with van der Waals surface area (Å²) < 4.78 is 26.7. The molecule has 1 saturated carbocycles. The highest BCUT2D eigenvalue weighted by atomic mass is 32.2. The van der Waals surface area contributed by atoms with Gasteiger partial charge in [-0.1, -0.05) is 6.08 Å². The molecule has 0 bridgehead atoms. The van der Waals surface area contributed by atoms with Crippen LogP contribution < -0.4 is 10.0 Å². The quantitative estimate of drug-likeness (QED) is 0.661. The summed E-state index contributed by atoms with van der Waals surface area (Å²) in [5, 5.41) is 12.1. The van der Waals surface area contributed by atoms with Gasteiger partial charge in [-0.25, -0.2) is 17.9 Å². The van der Waals surface area contributed by atoms with Gasteiger partial charge in [-0.15, -0.1) is 6.58 Å². The molecule has 2 rings (SSSR count). The van der Waals surface area contributed by atoms with Gasteiger partial charge in [0.1, 0.15) is 4.90 Å². The van der Waals surface area contributed by atoms with E-state index in [4.69, 9.17) is 5.11 Å². The van der Waals surface area contributed by atoms with Crippen LogP contribution in [0.5, 0.6) is 0 Å². The van der Waals surface area contributed by atoms with E-state index in [2.05, 4.69) is 16.6 Å². The Morgan fingerprint density at radius 3 is 2.70 bits per heavy atom. The van der Waals surface area contributed by atoms with Crippen molar-refractivity contribution in [1.82, 2.24) is 4.72 Å². The number of rotatable bonds is 7. The molecule has 0 spiro atoms. The Balaban J connectivity index is 2.41. The molecule has 1 aliphatic rings. The maximum absolute atomic E-state index is 12.2. The van der Waals surface area contributed by atoms with E-state index in [9.17, 15) is 13.2 Å². The van der Waals surface area contributed by atoms with E-state index in [0.29, 0.717) is 5.69 Å². The number of aromatic carboxylic acids is 1. The van der Waals surface area contributed by atoms with Gasteiger partial charge in [0.2, 0.25) is 10.0 Å². The predicted octanol–water partition coefficient (Wildman–Crippen LogP) is 1.42. The van der Waals surface area contributed by atoms with Gasteiger partial charge in [0.25, 0.3) is 0 Å². The Morgan fingerprint density at radius 2 is 2.15 bits per heavy atom. The molecule has 0 aromatic heterocycles. The average molecular weight is 296 g/mol. The number of carboxylic acids is 1. The minimum atomic E-state index is -3.77. The summed E-state index contributed by atoms with van der Waals surface area (Å²) in [7, 11) is -3.77. The molecule has 0 heterocycles. The molecule has 1 aromatic carbocycles. The van der Waals surface area contributed by atoms with Crippen LogP contribution in [0.25, 0.3) is 0 Å². The Kier molecular flexibility index (Phi) is 4.10. The first-order chi connectivity index (χ1) is 9.44. The number of sulfonamides is 1. The molecule has 0 unspecified atom stereocenters. The second-order valence-electron chi connectivity index (χ2n) is 4.58. The first kappa shape index (κ1) is 14.5. The molecule has 0 amide bonds. The molecule has 7 heteroatoms.